The molecule has 0 spiro atoms. The van der Waals surface area contributed by atoms with Crippen molar-refractivity contribution in [2.75, 3.05) is 14.1 Å². The fourth-order valence-corrected chi connectivity index (χ4v) is 1.81. The van der Waals surface area contributed by atoms with Gasteiger partial charge in [0.05, 0.1) is 5.02 Å². The predicted octanol–water partition coefficient (Wildman–Crippen LogP) is 3.47. The molecule has 0 aliphatic rings. The van der Waals surface area contributed by atoms with E-state index >= 15 is 0 Å². The summed E-state index contributed by atoms with van der Waals surface area (Å²) >= 11 is 15.2. The first-order chi connectivity index (χ1) is 6.93. The number of hydrogen-bond acceptors (Lipinski definition) is 1. The molecule has 0 heterocycles. The molecule has 2 nitrogen and oxygen atoms in total. The Balaban J connectivity index is 2.97. The highest BCUT2D eigenvalue weighted by Crippen LogP contribution is 2.29. The Bertz CT molecular complexity index is 382. The third kappa shape index (κ3) is 3.10. The summed E-state index contributed by atoms with van der Waals surface area (Å²) in [7, 11) is 3.33. The summed E-state index contributed by atoms with van der Waals surface area (Å²) in [6.45, 7) is 0. The smallest absolute Gasteiger partial charge is 0.244 e. The molecule has 0 fully saturated rings. The van der Waals surface area contributed by atoms with Crippen molar-refractivity contribution >= 4 is 45.0 Å². The van der Waals surface area contributed by atoms with Gasteiger partial charge in [0.1, 0.15) is 5.38 Å². The van der Waals surface area contributed by atoms with Gasteiger partial charge in [0, 0.05) is 18.6 Å². The maximum atomic E-state index is 11.6. The van der Waals surface area contributed by atoms with Crippen molar-refractivity contribution < 1.29 is 4.79 Å². The molecule has 5 heteroatoms. The summed E-state index contributed by atoms with van der Waals surface area (Å²) in [5.74, 6) is -0.157. The standard InChI is InChI=1S/C10H10BrCl2NO/c1-14(2)10(15)9(13)6-3-4-7(11)8(12)5-6/h3-5,9H,1-2H3. The Morgan fingerprint density at radius 1 is 1.47 bits per heavy atom. The molecule has 0 aliphatic carbocycles. The molecule has 82 valence electrons. The summed E-state index contributed by atoms with van der Waals surface area (Å²) in [4.78, 5) is 13.0. The van der Waals surface area contributed by atoms with Crippen LogP contribution in [0.2, 0.25) is 5.02 Å². The van der Waals surface area contributed by atoms with E-state index in [4.69, 9.17) is 23.2 Å². The first-order valence-electron chi connectivity index (χ1n) is 4.23. The zero-order valence-electron chi connectivity index (χ0n) is 8.30. The Morgan fingerprint density at radius 2 is 2.07 bits per heavy atom. The number of alkyl halides is 1. The van der Waals surface area contributed by atoms with Gasteiger partial charge in [0.2, 0.25) is 5.91 Å². The van der Waals surface area contributed by atoms with Gasteiger partial charge in [0.25, 0.3) is 0 Å². The molecule has 1 rings (SSSR count). The monoisotopic (exact) mass is 309 g/mol. The van der Waals surface area contributed by atoms with E-state index in [1.165, 1.54) is 4.90 Å². The first kappa shape index (κ1) is 12.8. The number of rotatable bonds is 2. The molecule has 0 aromatic heterocycles. The van der Waals surface area contributed by atoms with Crippen molar-refractivity contribution in [3.05, 3.63) is 33.3 Å². The van der Waals surface area contributed by atoms with Crippen LogP contribution >= 0.6 is 39.1 Å². The summed E-state index contributed by atoms with van der Waals surface area (Å²) in [6.07, 6.45) is 0. The van der Waals surface area contributed by atoms with Crippen molar-refractivity contribution in [1.82, 2.24) is 4.90 Å². The fourth-order valence-electron chi connectivity index (χ4n) is 1.04. The predicted molar refractivity (Wildman–Crippen MR) is 66.4 cm³/mol. The van der Waals surface area contributed by atoms with Crippen LogP contribution in [-0.2, 0) is 4.79 Å². The number of nitrogens with zero attached hydrogens (tertiary/aromatic N) is 1. The van der Waals surface area contributed by atoms with Gasteiger partial charge in [-0.2, -0.15) is 0 Å². The van der Waals surface area contributed by atoms with E-state index in [2.05, 4.69) is 15.9 Å². The Kier molecular flexibility index (Phi) is 4.44. The minimum atomic E-state index is -0.689. The summed E-state index contributed by atoms with van der Waals surface area (Å²) < 4.78 is 0.786. The molecule has 0 bridgehead atoms. The minimum absolute atomic E-state index is 0.157. The molecule has 0 aliphatic heterocycles. The molecule has 0 saturated carbocycles. The van der Waals surface area contributed by atoms with Gasteiger partial charge < -0.3 is 4.90 Å². The van der Waals surface area contributed by atoms with Gasteiger partial charge in [-0.1, -0.05) is 17.7 Å². The number of benzene rings is 1. The fraction of sp³-hybridized carbons (Fsp3) is 0.300. The van der Waals surface area contributed by atoms with Gasteiger partial charge in [-0.05, 0) is 33.6 Å². The van der Waals surface area contributed by atoms with Crippen LogP contribution in [0.3, 0.4) is 0 Å². The van der Waals surface area contributed by atoms with Crippen LogP contribution in [0.25, 0.3) is 0 Å². The molecule has 0 saturated heterocycles. The van der Waals surface area contributed by atoms with Crippen LogP contribution in [0.1, 0.15) is 10.9 Å². The molecule has 1 unspecified atom stereocenters. The second-order valence-corrected chi connectivity index (χ2v) is 4.97. The van der Waals surface area contributed by atoms with Crippen LogP contribution in [0.15, 0.2) is 22.7 Å². The van der Waals surface area contributed by atoms with Gasteiger partial charge >= 0.3 is 0 Å². The van der Waals surface area contributed by atoms with E-state index in [0.717, 1.165) is 4.47 Å². The Hall–Kier alpha value is -0.250. The van der Waals surface area contributed by atoms with Crippen LogP contribution in [0.4, 0.5) is 0 Å². The number of carbonyl (C=O) groups excluding carboxylic acids is 1. The maximum absolute atomic E-state index is 11.6. The average molecular weight is 311 g/mol. The topological polar surface area (TPSA) is 20.3 Å². The zero-order chi connectivity index (χ0) is 11.6. The second kappa shape index (κ2) is 5.19. The molecule has 1 aromatic rings. The number of halogens is 3. The largest absolute Gasteiger partial charge is 0.347 e. The van der Waals surface area contributed by atoms with Crippen molar-refractivity contribution in [2.45, 2.75) is 5.38 Å². The molecule has 15 heavy (non-hydrogen) atoms. The van der Waals surface area contributed by atoms with E-state index < -0.39 is 5.38 Å². The normalized spacial score (nSPS) is 12.3. The molecule has 0 radical (unpaired) electrons. The lowest BCUT2D eigenvalue weighted by Crippen LogP contribution is -2.25. The second-order valence-electron chi connectivity index (χ2n) is 3.27. The van der Waals surface area contributed by atoms with E-state index in [9.17, 15) is 4.79 Å². The van der Waals surface area contributed by atoms with Crippen LogP contribution in [0, 0.1) is 0 Å². The highest BCUT2D eigenvalue weighted by Gasteiger charge is 2.19. The lowest BCUT2D eigenvalue weighted by molar-refractivity contribution is -0.128. The third-order valence-corrected chi connectivity index (χ3v) is 3.57. The van der Waals surface area contributed by atoms with Gasteiger partial charge in [-0.3, -0.25) is 4.79 Å². The van der Waals surface area contributed by atoms with Gasteiger partial charge in [0.15, 0.2) is 0 Å². The summed E-state index contributed by atoms with van der Waals surface area (Å²) in [6, 6.07) is 5.23. The van der Waals surface area contributed by atoms with Gasteiger partial charge in [-0.15, -0.1) is 11.6 Å². The Labute approximate surface area is 107 Å². The molecular formula is C10H10BrCl2NO. The van der Waals surface area contributed by atoms with Crippen molar-refractivity contribution in [3.8, 4) is 0 Å². The number of amides is 1. The number of carbonyl (C=O) groups is 1. The average Bonchev–Trinajstić information content (AvgIpc) is 2.19. The van der Waals surface area contributed by atoms with E-state index in [1.54, 1.807) is 32.3 Å². The molecule has 1 amide bonds. The highest BCUT2D eigenvalue weighted by molar-refractivity contribution is 9.10. The SMILES string of the molecule is CN(C)C(=O)C(Cl)c1ccc(Br)c(Cl)c1. The van der Waals surface area contributed by atoms with Crippen molar-refractivity contribution in [2.24, 2.45) is 0 Å². The number of likely N-dealkylation sites (N-methyl/N-ethyl adjacent to an activating group) is 1. The van der Waals surface area contributed by atoms with Crippen molar-refractivity contribution in [3.63, 3.8) is 0 Å². The summed E-state index contributed by atoms with van der Waals surface area (Å²) in [5.41, 5.74) is 0.698. The van der Waals surface area contributed by atoms with Crippen LogP contribution in [0.5, 0.6) is 0 Å². The van der Waals surface area contributed by atoms with Crippen LogP contribution < -0.4 is 0 Å². The number of hydrogen-bond donors (Lipinski definition) is 0. The Morgan fingerprint density at radius 3 is 2.53 bits per heavy atom. The van der Waals surface area contributed by atoms with E-state index in [1.807, 2.05) is 0 Å². The lowest BCUT2D eigenvalue weighted by Gasteiger charge is -2.15. The lowest BCUT2D eigenvalue weighted by atomic mass is 10.1. The first-order valence-corrected chi connectivity index (χ1v) is 5.84. The highest BCUT2D eigenvalue weighted by atomic mass is 79.9. The van der Waals surface area contributed by atoms with Crippen molar-refractivity contribution in [1.29, 1.82) is 0 Å². The molecule has 0 N–H and O–H groups in total. The van der Waals surface area contributed by atoms with Gasteiger partial charge in [-0.25, -0.2) is 0 Å². The summed E-state index contributed by atoms with van der Waals surface area (Å²) in [5, 5.41) is -0.143. The molecule has 1 atom stereocenters. The molecule has 1 aromatic carbocycles. The minimum Gasteiger partial charge on any atom is -0.347 e. The maximum Gasteiger partial charge on any atom is 0.244 e. The van der Waals surface area contributed by atoms with E-state index in [0.29, 0.717) is 10.6 Å². The quantitative estimate of drug-likeness (QED) is 0.766. The molecular weight excluding hydrogens is 301 g/mol. The van der Waals surface area contributed by atoms with Crippen LogP contribution in [-0.4, -0.2) is 24.9 Å². The third-order valence-electron chi connectivity index (χ3n) is 1.89. The van der Waals surface area contributed by atoms with E-state index in [-0.39, 0.29) is 5.91 Å². The zero-order valence-corrected chi connectivity index (χ0v) is 11.4.